The maximum atomic E-state index is 11.3. The molecule has 7 heteroatoms. The first-order valence-electron chi connectivity index (χ1n) is 6.08. The molecule has 1 aromatic rings. The molecular weight excluding hydrogens is 266 g/mol. The van der Waals surface area contributed by atoms with E-state index < -0.39 is 15.9 Å². The zero-order valence-corrected chi connectivity index (χ0v) is 11.3. The Morgan fingerprint density at radius 2 is 2.16 bits per heavy atom. The predicted molar refractivity (Wildman–Crippen MR) is 73.1 cm³/mol. The lowest BCUT2D eigenvalue weighted by molar-refractivity contribution is 0.167. The highest BCUT2D eigenvalue weighted by Crippen LogP contribution is 2.11. The van der Waals surface area contributed by atoms with Crippen LogP contribution in [0.15, 0.2) is 29.5 Å². The number of nitrogens with one attached hydrogen (secondary N) is 1. The van der Waals surface area contributed by atoms with Crippen LogP contribution in [0.3, 0.4) is 0 Å². The number of sulfone groups is 1. The van der Waals surface area contributed by atoms with E-state index in [1.165, 1.54) is 0 Å². The highest BCUT2D eigenvalue weighted by molar-refractivity contribution is 7.91. The molecule has 0 spiro atoms. The van der Waals surface area contributed by atoms with Gasteiger partial charge in [0.25, 0.3) is 0 Å². The Morgan fingerprint density at radius 3 is 2.79 bits per heavy atom. The first-order valence-corrected chi connectivity index (χ1v) is 7.91. The summed E-state index contributed by atoms with van der Waals surface area (Å²) in [4.78, 5) is 8.12. The highest BCUT2D eigenvalue weighted by atomic mass is 32.2. The summed E-state index contributed by atoms with van der Waals surface area (Å²) in [6.07, 6.45) is 4.32. The molecule has 0 aromatic carbocycles. The van der Waals surface area contributed by atoms with Crippen molar-refractivity contribution < 1.29 is 13.5 Å². The summed E-state index contributed by atoms with van der Waals surface area (Å²) in [5, 5.41) is 12.6. The van der Waals surface area contributed by atoms with Crippen LogP contribution in [-0.2, 0) is 9.84 Å². The second-order valence-corrected chi connectivity index (χ2v) is 6.67. The van der Waals surface area contributed by atoms with E-state index in [0.29, 0.717) is 13.1 Å². The van der Waals surface area contributed by atoms with E-state index in [-0.39, 0.29) is 17.5 Å². The minimum atomic E-state index is -3.09. The van der Waals surface area contributed by atoms with Gasteiger partial charge >= 0.3 is 0 Å². The predicted octanol–water partition coefficient (Wildman–Crippen LogP) is -0.752. The van der Waals surface area contributed by atoms with Crippen molar-refractivity contribution in [2.24, 2.45) is 4.99 Å². The average molecular weight is 283 g/mol. The summed E-state index contributed by atoms with van der Waals surface area (Å²) in [6.45, 7) is 1.07. The van der Waals surface area contributed by atoms with E-state index >= 15 is 0 Å². The fourth-order valence-corrected chi connectivity index (χ4v) is 3.73. The van der Waals surface area contributed by atoms with Gasteiger partial charge in [0.15, 0.2) is 9.84 Å². The Kier molecular flexibility index (Phi) is 4.62. The summed E-state index contributed by atoms with van der Waals surface area (Å²) in [7, 11) is -3.09. The SMILES string of the molecule is O=S1(=O)C[C@@H](O)[C@H](NCCN=Cc2ccncc2)C1. The van der Waals surface area contributed by atoms with Gasteiger partial charge in [0.2, 0.25) is 0 Å². The average Bonchev–Trinajstić information content (AvgIpc) is 2.63. The molecule has 0 bridgehead atoms. The number of aliphatic hydroxyl groups is 1. The summed E-state index contributed by atoms with van der Waals surface area (Å²) in [5.74, 6) is -0.146. The molecule has 0 unspecified atom stereocenters. The minimum Gasteiger partial charge on any atom is -0.390 e. The summed E-state index contributed by atoms with van der Waals surface area (Å²) in [6, 6.07) is 3.33. The van der Waals surface area contributed by atoms with Gasteiger partial charge in [-0.15, -0.1) is 0 Å². The van der Waals surface area contributed by atoms with Gasteiger partial charge in [-0.05, 0) is 17.7 Å². The van der Waals surface area contributed by atoms with Crippen molar-refractivity contribution in [3.8, 4) is 0 Å². The van der Waals surface area contributed by atoms with Crippen molar-refractivity contribution in [2.75, 3.05) is 24.6 Å². The van der Waals surface area contributed by atoms with E-state index in [1.807, 2.05) is 12.1 Å². The van der Waals surface area contributed by atoms with Gasteiger partial charge in [-0.3, -0.25) is 9.98 Å². The lowest BCUT2D eigenvalue weighted by Crippen LogP contribution is -2.40. The number of hydrogen-bond acceptors (Lipinski definition) is 6. The lowest BCUT2D eigenvalue weighted by atomic mass is 10.2. The first kappa shape index (κ1) is 14.1. The molecule has 0 amide bonds. The molecule has 2 N–H and O–H groups in total. The van der Waals surface area contributed by atoms with Gasteiger partial charge in [0.1, 0.15) is 0 Å². The molecule has 0 saturated carbocycles. The van der Waals surface area contributed by atoms with E-state index in [1.54, 1.807) is 18.6 Å². The van der Waals surface area contributed by atoms with E-state index in [2.05, 4.69) is 15.3 Å². The zero-order chi connectivity index (χ0) is 13.7. The van der Waals surface area contributed by atoms with Crippen LogP contribution in [0.1, 0.15) is 5.56 Å². The summed E-state index contributed by atoms with van der Waals surface area (Å²) < 4.78 is 22.6. The van der Waals surface area contributed by atoms with Gasteiger partial charge in [0.05, 0.1) is 24.2 Å². The van der Waals surface area contributed by atoms with Crippen molar-refractivity contribution in [1.82, 2.24) is 10.3 Å². The fraction of sp³-hybridized carbons (Fsp3) is 0.500. The number of hydrogen-bond donors (Lipinski definition) is 2. The molecule has 1 saturated heterocycles. The summed E-state index contributed by atoms with van der Waals surface area (Å²) in [5.41, 5.74) is 0.971. The van der Waals surface area contributed by atoms with Crippen LogP contribution in [0.5, 0.6) is 0 Å². The Bertz CT molecular complexity index is 530. The van der Waals surface area contributed by atoms with Gasteiger partial charge in [0, 0.05) is 31.2 Å². The third-order valence-corrected chi connectivity index (χ3v) is 4.63. The van der Waals surface area contributed by atoms with Crippen molar-refractivity contribution in [2.45, 2.75) is 12.1 Å². The first-order chi connectivity index (χ1) is 9.07. The Hall–Kier alpha value is -1.31. The molecule has 2 rings (SSSR count). The molecule has 2 atom stereocenters. The number of nitrogens with zero attached hydrogens (tertiary/aromatic N) is 2. The molecule has 1 fully saturated rings. The third-order valence-electron chi connectivity index (χ3n) is 2.92. The van der Waals surface area contributed by atoms with Crippen molar-refractivity contribution in [1.29, 1.82) is 0 Å². The van der Waals surface area contributed by atoms with Crippen LogP contribution in [0, 0.1) is 0 Å². The normalized spacial score (nSPS) is 25.9. The maximum absolute atomic E-state index is 11.3. The number of aromatic nitrogens is 1. The number of pyridine rings is 1. The fourth-order valence-electron chi connectivity index (χ4n) is 1.96. The molecule has 104 valence electrons. The molecule has 0 radical (unpaired) electrons. The van der Waals surface area contributed by atoms with Gasteiger partial charge in [-0.2, -0.15) is 0 Å². The highest BCUT2D eigenvalue weighted by Gasteiger charge is 2.35. The van der Waals surface area contributed by atoms with Crippen LogP contribution in [0.4, 0.5) is 0 Å². The molecular formula is C12H17N3O3S. The second-order valence-electron chi connectivity index (χ2n) is 4.52. The molecule has 0 aliphatic carbocycles. The molecule has 1 aliphatic rings. The minimum absolute atomic E-state index is 0.00222. The number of aliphatic hydroxyl groups excluding tert-OH is 1. The molecule has 2 heterocycles. The lowest BCUT2D eigenvalue weighted by Gasteiger charge is -2.13. The van der Waals surface area contributed by atoms with Gasteiger partial charge < -0.3 is 10.4 Å². The third kappa shape index (κ3) is 4.38. The monoisotopic (exact) mass is 283 g/mol. The molecule has 6 nitrogen and oxygen atoms in total. The Balaban J connectivity index is 1.72. The van der Waals surface area contributed by atoms with Crippen molar-refractivity contribution in [3.63, 3.8) is 0 Å². The molecule has 1 aromatic heterocycles. The van der Waals surface area contributed by atoms with Crippen LogP contribution in [-0.4, -0.2) is 61.5 Å². The van der Waals surface area contributed by atoms with E-state index in [4.69, 9.17) is 0 Å². The van der Waals surface area contributed by atoms with E-state index in [9.17, 15) is 13.5 Å². The van der Waals surface area contributed by atoms with Crippen LogP contribution in [0.2, 0.25) is 0 Å². The topological polar surface area (TPSA) is 91.7 Å². The van der Waals surface area contributed by atoms with Crippen LogP contribution >= 0.6 is 0 Å². The molecule has 1 aliphatic heterocycles. The van der Waals surface area contributed by atoms with Gasteiger partial charge in [-0.25, -0.2) is 8.42 Å². The summed E-state index contributed by atoms with van der Waals surface area (Å²) >= 11 is 0. The van der Waals surface area contributed by atoms with Crippen molar-refractivity contribution in [3.05, 3.63) is 30.1 Å². The zero-order valence-electron chi connectivity index (χ0n) is 10.4. The standard InChI is InChI=1S/C12H17N3O3S/c16-12-9-19(17,18)8-11(12)15-6-5-14-7-10-1-3-13-4-2-10/h1-4,7,11-12,15-16H,5-6,8-9H2/t11-,12-/m1/s1. The Morgan fingerprint density at radius 1 is 1.42 bits per heavy atom. The van der Waals surface area contributed by atoms with Gasteiger partial charge in [-0.1, -0.05) is 0 Å². The number of aliphatic imine (C=N–C) groups is 1. The number of rotatable bonds is 5. The van der Waals surface area contributed by atoms with Crippen LogP contribution < -0.4 is 5.32 Å². The van der Waals surface area contributed by atoms with Crippen LogP contribution in [0.25, 0.3) is 0 Å². The van der Waals surface area contributed by atoms with E-state index in [0.717, 1.165) is 5.56 Å². The smallest absolute Gasteiger partial charge is 0.154 e. The second kappa shape index (κ2) is 6.23. The molecule has 19 heavy (non-hydrogen) atoms. The maximum Gasteiger partial charge on any atom is 0.154 e. The largest absolute Gasteiger partial charge is 0.390 e. The quantitative estimate of drug-likeness (QED) is 0.548. The van der Waals surface area contributed by atoms with Crippen molar-refractivity contribution >= 4 is 16.1 Å². The Labute approximate surface area is 112 Å².